The van der Waals surface area contributed by atoms with E-state index in [1.807, 2.05) is 0 Å². The summed E-state index contributed by atoms with van der Waals surface area (Å²) in [6, 6.07) is 4.68. The lowest BCUT2D eigenvalue weighted by molar-refractivity contribution is 0.0689. The van der Waals surface area contributed by atoms with E-state index in [1.165, 1.54) is 31.1 Å². The Bertz CT molecular complexity index is 986. The third kappa shape index (κ3) is 3.04. The summed E-state index contributed by atoms with van der Waals surface area (Å²) in [4.78, 5) is 32.6. The first-order valence-corrected chi connectivity index (χ1v) is 9.08. The Kier molecular flexibility index (Phi) is 4.46. The average molecular weight is 376 g/mol. The molecule has 10 heteroatoms. The van der Waals surface area contributed by atoms with Gasteiger partial charge in [-0.2, -0.15) is 0 Å². The molecule has 0 saturated carbocycles. The van der Waals surface area contributed by atoms with Crippen LogP contribution in [0.2, 0.25) is 0 Å². The fraction of sp³-hybridized carbons (Fsp3) is 0.250. The topological polar surface area (TPSA) is 121 Å². The van der Waals surface area contributed by atoms with Crippen molar-refractivity contribution in [3.05, 3.63) is 47.5 Å². The third-order valence-corrected chi connectivity index (χ3v) is 5.88. The molecular weight excluding hydrogens is 360 g/mol. The highest BCUT2D eigenvalue weighted by Crippen LogP contribution is 2.32. The van der Waals surface area contributed by atoms with E-state index in [4.69, 9.17) is 5.11 Å². The molecule has 26 heavy (non-hydrogen) atoms. The second-order valence-electron chi connectivity index (χ2n) is 5.88. The summed E-state index contributed by atoms with van der Waals surface area (Å²) in [7, 11) is -0.754. The predicted molar refractivity (Wildman–Crippen MR) is 91.7 cm³/mol. The normalized spacial score (nSPS) is 13.7. The van der Waals surface area contributed by atoms with Gasteiger partial charge in [0.25, 0.3) is 5.91 Å². The van der Waals surface area contributed by atoms with E-state index in [1.54, 1.807) is 6.07 Å². The zero-order valence-electron chi connectivity index (χ0n) is 14.1. The minimum absolute atomic E-state index is 0.0104. The number of carboxylic acid groups (broad SMARTS) is 1. The number of carboxylic acids is 1. The van der Waals surface area contributed by atoms with Gasteiger partial charge in [-0.25, -0.2) is 27.5 Å². The van der Waals surface area contributed by atoms with Crippen molar-refractivity contribution in [1.82, 2.24) is 14.3 Å². The number of amides is 1. The van der Waals surface area contributed by atoms with Crippen LogP contribution >= 0.6 is 0 Å². The maximum Gasteiger partial charge on any atom is 0.356 e. The monoisotopic (exact) mass is 376 g/mol. The zero-order chi connectivity index (χ0) is 19.1. The van der Waals surface area contributed by atoms with Crippen LogP contribution in [-0.4, -0.2) is 60.3 Å². The van der Waals surface area contributed by atoms with Crippen molar-refractivity contribution in [2.75, 3.05) is 25.5 Å². The van der Waals surface area contributed by atoms with Gasteiger partial charge in [0, 0.05) is 26.3 Å². The van der Waals surface area contributed by atoms with Gasteiger partial charge in [-0.15, -0.1) is 0 Å². The van der Waals surface area contributed by atoms with E-state index in [9.17, 15) is 18.0 Å². The lowest BCUT2D eigenvalue weighted by Gasteiger charge is -2.18. The molecule has 0 spiro atoms. The van der Waals surface area contributed by atoms with Crippen LogP contribution in [0, 0.1) is 0 Å². The summed E-state index contributed by atoms with van der Waals surface area (Å²) >= 11 is 0. The number of anilines is 1. The van der Waals surface area contributed by atoms with Gasteiger partial charge in [-0.05, 0) is 24.1 Å². The summed E-state index contributed by atoms with van der Waals surface area (Å²) in [6.07, 6.45) is 2.70. The van der Waals surface area contributed by atoms with Crippen molar-refractivity contribution < 1.29 is 23.1 Å². The molecule has 136 valence electrons. The standard InChI is InChI=1S/C16H16N4O5S/c1-19(2)26(24,25)11-4-3-10-5-6-20(14(10)7-11)15(21)12-8-18-13(9-17-12)16(22)23/h3-4,7-9H,5-6H2,1-2H3,(H,22,23). The lowest BCUT2D eigenvalue weighted by atomic mass is 10.2. The molecule has 0 radical (unpaired) electrons. The number of fused-ring (bicyclic) bond motifs is 1. The van der Waals surface area contributed by atoms with Gasteiger partial charge in [0.15, 0.2) is 5.69 Å². The van der Waals surface area contributed by atoms with Crippen LogP contribution in [0.15, 0.2) is 35.5 Å². The largest absolute Gasteiger partial charge is 0.476 e. The van der Waals surface area contributed by atoms with E-state index < -0.39 is 21.9 Å². The molecule has 3 rings (SSSR count). The molecule has 1 aromatic carbocycles. The van der Waals surface area contributed by atoms with Crippen LogP contribution < -0.4 is 4.90 Å². The number of carbonyl (C=O) groups is 2. The van der Waals surface area contributed by atoms with Crippen LogP contribution in [0.1, 0.15) is 26.5 Å². The maximum atomic E-state index is 12.7. The number of hydrogen-bond donors (Lipinski definition) is 1. The number of benzene rings is 1. The lowest BCUT2D eigenvalue weighted by Crippen LogP contribution is -2.30. The van der Waals surface area contributed by atoms with Gasteiger partial charge in [0.05, 0.1) is 17.3 Å². The molecule has 1 amide bonds. The quantitative estimate of drug-likeness (QED) is 0.830. The number of rotatable bonds is 4. The molecule has 2 heterocycles. The molecule has 1 aliphatic heterocycles. The van der Waals surface area contributed by atoms with Crippen molar-refractivity contribution in [3.8, 4) is 0 Å². The van der Waals surface area contributed by atoms with Crippen LogP contribution in [0.3, 0.4) is 0 Å². The Morgan fingerprint density at radius 1 is 1.15 bits per heavy atom. The Morgan fingerprint density at radius 3 is 2.38 bits per heavy atom. The SMILES string of the molecule is CN(C)S(=O)(=O)c1ccc2c(c1)N(C(=O)c1cnc(C(=O)O)cn1)CC2. The summed E-state index contributed by atoms with van der Waals surface area (Å²) in [5.41, 5.74) is 1.08. The van der Waals surface area contributed by atoms with Gasteiger partial charge < -0.3 is 10.0 Å². The maximum absolute atomic E-state index is 12.7. The smallest absolute Gasteiger partial charge is 0.356 e. The molecule has 0 atom stereocenters. The van der Waals surface area contributed by atoms with Crippen molar-refractivity contribution in [2.45, 2.75) is 11.3 Å². The fourth-order valence-corrected chi connectivity index (χ4v) is 3.55. The van der Waals surface area contributed by atoms with Crippen LogP contribution in [-0.2, 0) is 16.4 Å². The zero-order valence-corrected chi connectivity index (χ0v) is 14.9. The number of hydrogen-bond acceptors (Lipinski definition) is 6. The minimum Gasteiger partial charge on any atom is -0.476 e. The van der Waals surface area contributed by atoms with Crippen molar-refractivity contribution in [1.29, 1.82) is 0 Å². The second kappa shape index (κ2) is 6.46. The molecule has 0 unspecified atom stereocenters. The number of nitrogens with zero attached hydrogens (tertiary/aromatic N) is 4. The molecule has 1 N–H and O–H groups in total. The molecule has 1 aromatic heterocycles. The Labute approximate surface area is 150 Å². The molecule has 0 saturated heterocycles. The average Bonchev–Trinajstić information content (AvgIpc) is 3.04. The number of sulfonamides is 1. The Morgan fingerprint density at radius 2 is 1.81 bits per heavy atom. The third-order valence-electron chi connectivity index (χ3n) is 4.07. The second-order valence-corrected chi connectivity index (χ2v) is 8.03. The number of aromatic carboxylic acids is 1. The molecule has 9 nitrogen and oxygen atoms in total. The van der Waals surface area contributed by atoms with E-state index in [0.29, 0.717) is 18.7 Å². The Hall–Kier alpha value is -2.85. The summed E-state index contributed by atoms with van der Waals surface area (Å²) in [6.45, 7) is 0.377. The van der Waals surface area contributed by atoms with Gasteiger partial charge in [-0.3, -0.25) is 4.79 Å². The summed E-state index contributed by atoms with van der Waals surface area (Å²) in [5.74, 6) is -1.70. The number of aromatic nitrogens is 2. The highest BCUT2D eigenvalue weighted by molar-refractivity contribution is 7.89. The summed E-state index contributed by atoms with van der Waals surface area (Å²) < 4.78 is 25.8. The first-order valence-electron chi connectivity index (χ1n) is 7.64. The minimum atomic E-state index is -3.63. The van der Waals surface area contributed by atoms with Crippen LogP contribution in [0.4, 0.5) is 5.69 Å². The first kappa shape index (κ1) is 18.0. The highest BCUT2D eigenvalue weighted by atomic mass is 32.2. The van der Waals surface area contributed by atoms with Gasteiger partial charge in [-0.1, -0.05) is 6.07 Å². The molecule has 0 aliphatic carbocycles. The van der Waals surface area contributed by atoms with Crippen molar-refractivity contribution in [3.63, 3.8) is 0 Å². The van der Waals surface area contributed by atoms with E-state index in [0.717, 1.165) is 22.3 Å². The van der Waals surface area contributed by atoms with Crippen LogP contribution in [0.25, 0.3) is 0 Å². The summed E-state index contributed by atoms with van der Waals surface area (Å²) in [5, 5.41) is 8.85. The molecular formula is C16H16N4O5S. The fourth-order valence-electron chi connectivity index (χ4n) is 2.63. The molecule has 0 fully saturated rings. The van der Waals surface area contributed by atoms with E-state index in [-0.39, 0.29) is 16.3 Å². The Balaban J connectivity index is 1.95. The highest BCUT2D eigenvalue weighted by Gasteiger charge is 2.29. The first-order chi connectivity index (χ1) is 12.2. The van der Waals surface area contributed by atoms with E-state index >= 15 is 0 Å². The molecule has 0 bridgehead atoms. The molecule has 2 aromatic rings. The number of carbonyl (C=O) groups excluding carboxylic acids is 1. The van der Waals surface area contributed by atoms with E-state index in [2.05, 4.69) is 9.97 Å². The predicted octanol–water partition coefficient (Wildman–Crippen LogP) is 0.628. The van der Waals surface area contributed by atoms with Gasteiger partial charge >= 0.3 is 5.97 Å². The van der Waals surface area contributed by atoms with Gasteiger partial charge in [0.1, 0.15) is 5.69 Å². The van der Waals surface area contributed by atoms with Gasteiger partial charge in [0.2, 0.25) is 10.0 Å². The molecule has 1 aliphatic rings. The van der Waals surface area contributed by atoms with Crippen LogP contribution in [0.5, 0.6) is 0 Å². The van der Waals surface area contributed by atoms with Crippen molar-refractivity contribution >= 4 is 27.6 Å². The van der Waals surface area contributed by atoms with Crippen molar-refractivity contribution in [2.24, 2.45) is 0 Å².